The molecule has 1 heterocycles. The van der Waals surface area contributed by atoms with Gasteiger partial charge in [0.05, 0.1) is 24.7 Å². The summed E-state index contributed by atoms with van der Waals surface area (Å²) >= 11 is 0. The second-order valence-electron chi connectivity index (χ2n) is 13.4. The van der Waals surface area contributed by atoms with Crippen LogP contribution in [-0.4, -0.2) is 19.0 Å². The van der Waals surface area contributed by atoms with E-state index >= 15 is 0 Å². The lowest BCUT2D eigenvalue weighted by molar-refractivity contribution is -0.217. The molecule has 4 aliphatic carbocycles. The normalized spacial score (nSPS) is 43.0. The van der Waals surface area contributed by atoms with Crippen molar-refractivity contribution in [2.45, 2.75) is 105 Å². The van der Waals surface area contributed by atoms with Crippen LogP contribution in [0.3, 0.4) is 0 Å². The van der Waals surface area contributed by atoms with Gasteiger partial charge in [-0.1, -0.05) is 64.8 Å². The van der Waals surface area contributed by atoms with Crippen molar-refractivity contribution in [3.8, 4) is 6.07 Å². The molecule has 1 aliphatic heterocycles. The fraction of sp³-hybridized carbons (Fsp3) is 0.839. The number of nitrogens with zero attached hydrogens (tertiary/aromatic N) is 1. The first-order chi connectivity index (χ1) is 16.1. The fourth-order valence-corrected chi connectivity index (χ4v) is 9.02. The zero-order valence-electron chi connectivity index (χ0n) is 22.6. The number of rotatable bonds is 4. The van der Waals surface area contributed by atoms with Gasteiger partial charge in [0.15, 0.2) is 5.79 Å². The van der Waals surface area contributed by atoms with Crippen LogP contribution in [0.1, 0.15) is 99.3 Å². The molecule has 1 spiro atoms. The standard InChI is InChI=1S/C31H47NO2/c1-21(2)22(3)7-8-23(4)25-9-10-26-24-11-14-30(20-32)19-31(33-17-18-34-31)16-15-29(30,6)27(24)12-13-28(25,26)5/h7-8,21-23,25-26H,9-19H2,1-6H3/t22-,23+,25+,26?,28+,29+,30-/m0/s1. The predicted octanol–water partition coefficient (Wildman–Crippen LogP) is 7.83. The summed E-state index contributed by atoms with van der Waals surface area (Å²) in [6.07, 6.45) is 15.0. The van der Waals surface area contributed by atoms with Crippen molar-refractivity contribution < 1.29 is 9.47 Å². The average Bonchev–Trinajstić information content (AvgIpc) is 3.41. The minimum atomic E-state index is -0.496. The first-order valence-electron chi connectivity index (χ1n) is 14.2. The molecule has 5 rings (SSSR count). The molecule has 0 aromatic rings. The monoisotopic (exact) mass is 465 g/mol. The summed E-state index contributed by atoms with van der Waals surface area (Å²) in [6.45, 7) is 15.9. The lowest BCUT2D eigenvalue weighted by Crippen LogP contribution is -2.55. The highest BCUT2D eigenvalue weighted by Gasteiger charge is 2.64. The van der Waals surface area contributed by atoms with Crippen LogP contribution in [0.15, 0.2) is 23.3 Å². The second-order valence-corrected chi connectivity index (χ2v) is 13.4. The number of hydrogen-bond donors (Lipinski definition) is 0. The molecular weight excluding hydrogens is 418 g/mol. The van der Waals surface area contributed by atoms with Crippen molar-refractivity contribution in [3.05, 3.63) is 23.3 Å². The lowest BCUT2D eigenvalue weighted by atomic mass is 9.45. The van der Waals surface area contributed by atoms with E-state index < -0.39 is 5.79 Å². The van der Waals surface area contributed by atoms with Gasteiger partial charge in [0.1, 0.15) is 0 Å². The van der Waals surface area contributed by atoms with Gasteiger partial charge in [-0.2, -0.15) is 5.26 Å². The Balaban J connectivity index is 1.42. The molecule has 2 saturated carbocycles. The van der Waals surface area contributed by atoms with E-state index in [4.69, 9.17) is 9.47 Å². The molecule has 3 fully saturated rings. The molecule has 0 radical (unpaired) electrons. The van der Waals surface area contributed by atoms with E-state index in [9.17, 15) is 5.26 Å². The highest BCUT2D eigenvalue weighted by molar-refractivity contribution is 5.39. The van der Waals surface area contributed by atoms with E-state index in [0.29, 0.717) is 42.3 Å². The molecule has 1 saturated heterocycles. The second kappa shape index (κ2) is 8.48. The largest absolute Gasteiger partial charge is 0.347 e. The van der Waals surface area contributed by atoms with Gasteiger partial charge in [0.25, 0.3) is 0 Å². The number of allylic oxidation sites excluding steroid dienone is 4. The van der Waals surface area contributed by atoms with Crippen molar-refractivity contribution in [2.24, 2.45) is 45.8 Å². The van der Waals surface area contributed by atoms with Crippen LogP contribution in [-0.2, 0) is 9.47 Å². The third-order valence-electron chi connectivity index (χ3n) is 11.7. The molecule has 7 atom stereocenters. The van der Waals surface area contributed by atoms with Crippen LogP contribution >= 0.6 is 0 Å². The Bertz CT molecular complexity index is 905. The summed E-state index contributed by atoms with van der Waals surface area (Å²) in [5, 5.41) is 10.6. The SMILES string of the molecule is CC(C)[C@@H](C)C=C[C@@H](C)[C@H]1CCC2C3=C(CC[C@@]21C)[C@@]1(C)CCC2(C[C@]1(C#N)CC3)OCCO2. The van der Waals surface area contributed by atoms with E-state index in [1.165, 1.54) is 25.7 Å². The van der Waals surface area contributed by atoms with Gasteiger partial charge in [0.2, 0.25) is 0 Å². The maximum Gasteiger partial charge on any atom is 0.170 e. The van der Waals surface area contributed by atoms with E-state index in [0.717, 1.165) is 38.0 Å². The Hall–Kier alpha value is -1.11. The van der Waals surface area contributed by atoms with Gasteiger partial charge in [-0.05, 0) is 80.0 Å². The van der Waals surface area contributed by atoms with Crippen molar-refractivity contribution in [1.82, 2.24) is 0 Å². The minimum absolute atomic E-state index is 0.0203. The molecule has 1 unspecified atom stereocenters. The summed E-state index contributed by atoms with van der Waals surface area (Å²) in [6, 6.07) is 2.87. The molecule has 3 heteroatoms. The highest BCUT2D eigenvalue weighted by atomic mass is 16.7. The molecule has 0 aromatic carbocycles. The van der Waals surface area contributed by atoms with Crippen LogP contribution in [0.4, 0.5) is 0 Å². The lowest BCUT2D eigenvalue weighted by Gasteiger charge is -2.59. The van der Waals surface area contributed by atoms with E-state index in [1.54, 1.807) is 11.1 Å². The predicted molar refractivity (Wildman–Crippen MR) is 137 cm³/mol. The van der Waals surface area contributed by atoms with Crippen molar-refractivity contribution in [2.75, 3.05) is 13.2 Å². The van der Waals surface area contributed by atoms with Gasteiger partial charge >= 0.3 is 0 Å². The highest BCUT2D eigenvalue weighted by Crippen LogP contribution is 2.70. The van der Waals surface area contributed by atoms with Crippen LogP contribution in [0.25, 0.3) is 0 Å². The van der Waals surface area contributed by atoms with Crippen LogP contribution < -0.4 is 0 Å². The van der Waals surface area contributed by atoms with E-state index in [2.05, 4.69) is 59.8 Å². The van der Waals surface area contributed by atoms with Crippen LogP contribution in [0.2, 0.25) is 0 Å². The maximum absolute atomic E-state index is 10.6. The molecule has 0 aromatic heterocycles. The Labute approximate surface area is 208 Å². The van der Waals surface area contributed by atoms with Crippen molar-refractivity contribution in [1.29, 1.82) is 5.26 Å². The Kier molecular flexibility index (Phi) is 6.13. The number of fused-ring (bicyclic) bond motifs is 4. The summed E-state index contributed by atoms with van der Waals surface area (Å²) in [5.41, 5.74) is 3.48. The molecule has 3 nitrogen and oxygen atoms in total. The quantitative estimate of drug-likeness (QED) is 0.397. The fourth-order valence-electron chi connectivity index (χ4n) is 9.02. The Morgan fingerprint density at radius 2 is 1.68 bits per heavy atom. The molecule has 5 aliphatic rings. The number of ether oxygens (including phenoxy) is 2. The first kappa shape index (κ1) is 24.6. The zero-order valence-corrected chi connectivity index (χ0v) is 22.6. The van der Waals surface area contributed by atoms with Gasteiger partial charge in [-0.3, -0.25) is 0 Å². The van der Waals surface area contributed by atoms with Crippen molar-refractivity contribution >= 4 is 0 Å². The topological polar surface area (TPSA) is 42.2 Å². The first-order valence-corrected chi connectivity index (χ1v) is 14.2. The van der Waals surface area contributed by atoms with Gasteiger partial charge < -0.3 is 9.47 Å². The average molecular weight is 466 g/mol. The van der Waals surface area contributed by atoms with Gasteiger partial charge in [-0.25, -0.2) is 0 Å². The number of hydrogen-bond acceptors (Lipinski definition) is 3. The Morgan fingerprint density at radius 3 is 2.35 bits per heavy atom. The molecule has 0 amide bonds. The molecule has 34 heavy (non-hydrogen) atoms. The summed E-state index contributed by atoms with van der Waals surface area (Å²) in [4.78, 5) is 0. The van der Waals surface area contributed by atoms with E-state index in [-0.39, 0.29) is 10.8 Å². The smallest absolute Gasteiger partial charge is 0.170 e. The molecule has 0 bridgehead atoms. The van der Waals surface area contributed by atoms with E-state index in [1.807, 2.05) is 0 Å². The molecular formula is C31H47NO2. The van der Waals surface area contributed by atoms with Crippen LogP contribution in [0, 0.1) is 57.2 Å². The van der Waals surface area contributed by atoms with Gasteiger partial charge in [0, 0.05) is 18.3 Å². The van der Waals surface area contributed by atoms with Crippen molar-refractivity contribution in [3.63, 3.8) is 0 Å². The molecule has 0 N–H and O–H groups in total. The summed E-state index contributed by atoms with van der Waals surface area (Å²) in [7, 11) is 0. The zero-order chi connectivity index (χ0) is 24.4. The van der Waals surface area contributed by atoms with Gasteiger partial charge in [-0.15, -0.1) is 0 Å². The van der Waals surface area contributed by atoms with Crippen LogP contribution in [0.5, 0.6) is 0 Å². The maximum atomic E-state index is 10.6. The third-order valence-corrected chi connectivity index (χ3v) is 11.7. The Morgan fingerprint density at radius 1 is 0.941 bits per heavy atom. The third kappa shape index (κ3) is 3.49. The minimum Gasteiger partial charge on any atom is -0.347 e. The molecule has 188 valence electrons. The summed E-state index contributed by atoms with van der Waals surface area (Å²) in [5.74, 6) is 2.98. The summed E-state index contributed by atoms with van der Waals surface area (Å²) < 4.78 is 12.2. The number of nitriles is 1.